The van der Waals surface area contributed by atoms with E-state index >= 15 is 0 Å². The van der Waals surface area contributed by atoms with Crippen LogP contribution in [-0.2, 0) is 0 Å². The van der Waals surface area contributed by atoms with E-state index in [0.29, 0.717) is 4.47 Å². The van der Waals surface area contributed by atoms with Crippen molar-refractivity contribution < 1.29 is 9.90 Å². The number of carbonyl (C=O) groups is 1. The number of hydrogen-bond acceptors (Lipinski definition) is 3. The monoisotopic (exact) mass is 239 g/mol. The van der Waals surface area contributed by atoms with Crippen LogP contribution in [0.3, 0.4) is 0 Å². The molecule has 1 N–H and O–H groups in total. The Labute approximate surface area is 83.7 Å². The fraction of sp³-hybridized carbons (Fsp3) is 0.111. The summed E-state index contributed by atoms with van der Waals surface area (Å²) in [7, 11) is 0. The first kappa shape index (κ1) is 9.75. The number of halogens is 1. The summed E-state index contributed by atoms with van der Waals surface area (Å²) in [5, 5.41) is 18.0. The van der Waals surface area contributed by atoms with Gasteiger partial charge in [-0.2, -0.15) is 5.26 Å². The van der Waals surface area contributed by atoms with Gasteiger partial charge in [-0.15, -0.1) is 0 Å². The zero-order chi connectivity index (χ0) is 10.0. The summed E-state index contributed by atoms with van der Waals surface area (Å²) in [6, 6.07) is 4.69. The molecular formula is C9H6BrNO2. The maximum atomic E-state index is 11.1. The topological polar surface area (TPSA) is 61.1 Å². The van der Waals surface area contributed by atoms with Crippen LogP contribution in [0.1, 0.15) is 22.8 Å². The van der Waals surface area contributed by atoms with Crippen LogP contribution in [0, 0.1) is 11.3 Å². The number of rotatable bonds is 1. The van der Waals surface area contributed by atoms with Gasteiger partial charge in [-0.25, -0.2) is 0 Å². The second-order valence-electron chi connectivity index (χ2n) is 2.48. The largest absolute Gasteiger partial charge is 0.507 e. The van der Waals surface area contributed by atoms with Crippen LogP contribution in [0.25, 0.3) is 0 Å². The molecule has 0 spiro atoms. The maximum absolute atomic E-state index is 11.1. The first-order chi connectivity index (χ1) is 6.07. The van der Waals surface area contributed by atoms with E-state index in [1.807, 2.05) is 0 Å². The average Bonchev–Trinajstić information content (AvgIpc) is 2.07. The van der Waals surface area contributed by atoms with Crippen molar-refractivity contribution in [2.45, 2.75) is 6.92 Å². The molecule has 0 fully saturated rings. The zero-order valence-electron chi connectivity index (χ0n) is 6.84. The van der Waals surface area contributed by atoms with Gasteiger partial charge in [0, 0.05) is 4.47 Å². The summed E-state index contributed by atoms with van der Waals surface area (Å²) in [6.45, 7) is 1.35. The van der Waals surface area contributed by atoms with Crippen molar-refractivity contribution in [3.8, 4) is 11.8 Å². The number of phenolic OH excluding ortho intramolecular Hbond substituents is 1. The Kier molecular flexibility index (Phi) is 2.69. The zero-order valence-corrected chi connectivity index (χ0v) is 8.42. The lowest BCUT2D eigenvalue weighted by molar-refractivity contribution is 0.101. The van der Waals surface area contributed by atoms with Crippen LogP contribution in [0.2, 0.25) is 0 Å². The predicted octanol–water partition coefficient (Wildman–Crippen LogP) is 2.23. The van der Waals surface area contributed by atoms with E-state index in [9.17, 15) is 9.90 Å². The first-order valence-electron chi connectivity index (χ1n) is 3.50. The standard InChI is InChI=1S/C9H6BrNO2/c1-5(12)9-6(4-11)8(13)3-2-7(9)10/h2-3,13H,1H3. The second kappa shape index (κ2) is 3.58. The lowest BCUT2D eigenvalue weighted by Gasteiger charge is -2.03. The molecule has 0 unspecified atom stereocenters. The maximum Gasteiger partial charge on any atom is 0.162 e. The summed E-state index contributed by atoms with van der Waals surface area (Å²) in [6.07, 6.45) is 0. The van der Waals surface area contributed by atoms with Gasteiger partial charge >= 0.3 is 0 Å². The molecule has 0 aromatic heterocycles. The average molecular weight is 240 g/mol. The van der Waals surface area contributed by atoms with Crippen LogP contribution >= 0.6 is 15.9 Å². The van der Waals surface area contributed by atoms with E-state index in [-0.39, 0.29) is 22.7 Å². The lowest BCUT2D eigenvalue weighted by atomic mass is 10.0. The smallest absolute Gasteiger partial charge is 0.162 e. The molecule has 4 heteroatoms. The van der Waals surface area contributed by atoms with Gasteiger partial charge in [-0.05, 0) is 35.0 Å². The Balaban J connectivity index is 3.55. The number of benzene rings is 1. The van der Waals surface area contributed by atoms with Gasteiger partial charge < -0.3 is 5.11 Å². The molecule has 1 rings (SSSR count). The lowest BCUT2D eigenvalue weighted by Crippen LogP contribution is -1.98. The molecular weight excluding hydrogens is 234 g/mol. The number of Topliss-reactive ketones (excluding diaryl/α,β-unsaturated/α-hetero) is 1. The highest BCUT2D eigenvalue weighted by atomic mass is 79.9. The van der Waals surface area contributed by atoms with Gasteiger partial charge in [0.25, 0.3) is 0 Å². The van der Waals surface area contributed by atoms with E-state index in [1.165, 1.54) is 19.1 Å². The van der Waals surface area contributed by atoms with E-state index in [2.05, 4.69) is 15.9 Å². The summed E-state index contributed by atoms with van der Waals surface area (Å²) in [5.74, 6) is -0.421. The van der Waals surface area contributed by atoms with Crippen molar-refractivity contribution in [2.24, 2.45) is 0 Å². The van der Waals surface area contributed by atoms with Crippen LogP contribution in [0.4, 0.5) is 0 Å². The molecule has 0 aliphatic rings. The molecule has 0 bridgehead atoms. The van der Waals surface area contributed by atoms with E-state index < -0.39 is 0 Å². The highest BCUT2D eigenvalue weighted by molar-refractivity contribution is 9.10. The van der Waals surface area contributed by atoms with Gasteiger partial charge in [-0.3, -0.25) is 4.79 Å². The molecule has 0 heterocycles. The Morgan fingerprint density at radius 2 is 2.23 bits per heavy atom. The van der Waals surface area contributed by atoms with Crippen LogP contribution in [0.5, 0.6) is 5.75 Å². The normalized spacial score (nSPS) is 9.31. The Hall–Kier alpha value is -1.34. The summed E-state index contributed by atoms with van der Waals surface area (Å²) >= 11 is 3.14. The van der Waals surface area contributed by atoms with Crippen molar-refractivity contribution >= 4 is 21.7 Å². The molecule has 0 amide bonds. The number of ketones is 1. The minimum atomic E-state index is -0.251. The first-order valence-corrected chi connectivity index (χ1v) is 4.29. The van der Waals surface area contributed by atoms with Crippen molar-refractivity contribution in [3.05, 3.63) is 27.7 Å². The number of nitriles is 1. The van der Waals surface area contributed by atoms with E-state index in [4.69, 9.17) is 5.26 Å². The summed E-state index contributed by atoms with van der Waals surface area (Å²) in [4.78, 5) is 11.1. The fourth-order valence-corrected chi connectivity index (χ4v) is 1.63. The van der Waals surface area contributed by atoms with E-state index in [1.54, 1.807) is 6.07 Å². The summed E-state index contributed by atoms with van der Waals surface area (Å²) < 4.78 is 0.523. The Morgan fingerprint density at radius 1 is 1.62 bits per heavy atom. The van der Waals surface area contributed by atoms with Crippen LogP contribution < -0.4 is 0 Å². The number of nitrogens with zero attached hydrogens (tertiary/aromatic N) is 1. The molecule has 66 valence electrons. The third kappa shape index (κ3) is 1.70. The third-order valence-electron chi connectivity index (χ3n) is 1.60. The molecule has 0 radical (unpaired) electrons. The molecule has 0 atom stereocenters. The second-order valence-corrected chi connectivity index (χ2v) is 3.34. The molecule has 0 aliphatic carbocycles. The fourth-order valence-electron chi connectivity index (χ4n) is 1.02. The molecule has 0 saturated carbocycles. The molecule has 0 aliphatic heterocycles. The number of aromatic hydroxyl groups is 1. The van der Waals surface area contributed by atoms with Gasteiger partial charge in [0.05, 0.1) is 5.56 Å². The molecule has 0 saturated heterocycles. The number of hydrogen-bond donors (Lipinski definition) is 1. The van der Waals surface area contributed by atoms with Gasteiger partial charge in [0.2, 0.25) is 0 Å². The quantitative estimate of drug-likeness (QED) is 0.765. The van der Waals surface area contributed by atoms with Crippen molar-refractivity contribution in [1.29, 1.82) is 5.26 Å². The minimum absolute atomic E-state index is 0.0156. The summed E-state index contributed by atoms with van der Waals surface area (Å²) in [5.41, 5.74) is 0.240. The van der Waals surface area contributed by atoms with Crippen molar-refractivity contribution in [1.82, 2.24) is 0 Å². The molecule has 1 aromatic carbocycles. The highest BCUT2D eigenvalue weighted by Gasteiger charge is 2.14. The number of phenols is 1. The van der Waals surface area contributed by atoms with E-state index in [0.717, 1.165) is 0 Å². The highest BCUT2D eigenvalue weighted by Crippen LogP contribution is 2.27. The number of carbonyl (C=O) groups excluding carboxylic acids is 1. The van der Waals surface area contributed by atoms with Gasteiger partial charge in [-0.1, -0.05) is 0 Å². The van der Waals surface area contributed by atoms with Gasteiger partial charge in [0.15, 0.2) is 5.78 Å². The third-order valence-corrected chi connectivity index (χ3v) is 2.26. The van der Waals surface area contributed by atoms with Gasteiger partial charge in [0.1, 0.15) is 17.4 Å². The van der Waals surface area contributed by atoms with Crippen LogP contribution in [-0.4, -0.2) is 10.9 Å². The molecule has 13 heavy (non-hydrogen) atoms. The molecule has 3 nitrogen and oxygen atoms in total. The van der Waals surface area contributed by atoms with Crippen molar-refractivity contribution in [3.63, 3.8) is 0 Å². The Morgan fingerprint density at radius 3 is 2.62 bits per heavy atom. The van der Waals surface area contributed by atoms with Crippen molar-refractivity contribution in [2.75, 3.05) is 0 Å². The Bertz CT molecular complexity index is 407. The predicted molar refractivity (Wildman–Crippen MR) is 50.5 cm³/mol. The van der Waals surface area contributed by atoms with Crippen LogP contribution in [0.15, 0.2) is 16.6 Å². The molecule has 1 aromatic rings. The SMILES string of the molecule is CC(=O)c1c(Br)ccc(O)c1C#N. The minimum Gasteiger partial charge on any atom is -0.507 e.